The van der Waals surface area contributed by atoms with Gasteiger partial charge >= 0.3 is 0 Å². The van der Waals surface area contributed by atoms with Crippen LogP contribution in [0.1, 0.15) is 31.5 Å². The van der Waals surface area contributed by atoms with Gasteiger partial charge in [0.2, 0.25) is 5.91 Å². The fraction of sp³-hybridized carbons (Fsp3) is 0.304. The maximum Gasteiger partial charge on any atom is 0.225 e. The zero-order valence-corrected chi connectivity index (χ0v) is 18.7. The lowest BCUT2D eigenvalue weighted by Crippen LogP contribution is -2.12. The van der Waals surface area contributed by atoms with E-state index >= 15 is 0 Å². The molecule has 0 saturated carbocycles. The van der Waals surface area contributed by atoms with Gasteiger partial charge in [0.05, 0.1) is 10.2 Å². The van der Waals surface area contributed by atoms with Crippen LogP contribution >= 0.6 is 23.1 Å². The second-order valence-corrected chi connectivity index (χ2v) is 9.95. The standard InChI is InChI=1S/C23H23N5OS2/c29-21(13-15-30-23-25-18-6-3-4-7-19(18)31-23)24-17-11-9-16(10-12-17)22-27-26-20-8-2-1-5-14-28(20)22/h3-4,6-7,9-12H,1-2,5,8,13-15H2,(H,24,29). The topological polar surface area (TPSA) is 72.7 Å². The van der Waals surface area contributed by atoms with E-state index in [4.69, 9.17) is 0 Å². The first kappa shape index (κ1) is 20.2. The highest BCUT2D eigenvalue weighted by Crippen LogP contribution is 2.29. The molecule has 4 aromatic rings. The number of thioether (sulfide) groups is 1. The van der Waals surface area contributed by atoms with Crippen LogP contribution in [0.5, 0.6) is 0 Å². The van der Waals surface area contributed by atoms with E-state index in [1.807, 2.05) is 42.5 Å². The second-order valence-electron chi connectivity index (χ2n) is 7.57. The monoisotopic (exact) mass is 449 g/mol. The Morgan fingerprint density at radius 2 is 1.94 bits per heavy atom. The molecule has 158 valence electrons. The molecule has 0 saturated heterocycles. The third-order valence-electron chi connectivity index (χ3n) is 5.37. The van der Waals surface area contributed by atoms with Gasteiger partial charge in [0.25, 0.3) is 0 Å². The molecule has 1 aliphatic heterocycles. The van der Waals surface area contributed by atoms with Gasteiger partial charge in [0.15, 0.2) is 10.2 Å². The van der Waals surface area contributed by atoms with Crippen LogP contribution in [-0.4, -0.2) is 31.4 Å². The average molecular weight is 450 g/mol. The predicted molar refractivity (Wildman–Crippen MR) is 127 cm³/mol. The van der Waals surface area contributed by atoms with Gasteiger partial charge in [0.1, 0.15) is 5.82 Å². The van der Waals surface area contributed by atoms with Crippen LogP contribution in [0.3, 0.4) is 0 Å². The summed E-state index contributed by atoms with van der Waals surface area (Å²) in [7, 11) is 0. The largest absolute Gasteiger partial charge is 0.326 e. The number of amides is 1. The first-order chi connectivity index (χ1) is 15.3. The SMILES string of the molecule is O=C(CCSc1nc2ccccc2s1)Nc1ccc(-c2nnc3n2CCCCC3)cc1. The molecule has 2 aromatic heterocycles. The molecule has 0 atom stereocenters. The molecule has 6 nitrogen and oxygen atoms in total. The summed E-state index contributed by atoms with van der Waals surface area (Å²) < 4.78 is 4.42. The molecule has 0 unspecified atom stereocenters. The number of nitrogens with one attached hydrogen (secondary N) is 1. The highest BCUT2D eigenvalue weighted by molar-refractivity contribution is 8.01. The second kappa shape index (κ2) is 9.20. The van der Waals surface area contributed by atoms with Gasteiger partial charge in [-0.25, -0.2) is 4.98 Å². The number of para-hydroxylation sites is 1. The van der Waals surface area contributed by atoms with Crippen molar-refractivity contribution in [2.45, 2.75) is 43.0 Å². The minimum absolute atomic E-state index is 0.0118. The Kier molecular flexibility index (Phi) is 5.99. The lowest BCUT2D eigenvalue weighted by Gasteiger charge is -2.08. The average Bonchev–Trinajstić information content (AvgIpc) is 3.30. The Hall–Kier alpha value is -2.71. The summed E-state index contributed by atoms with van der Waals surface area (Å²) in [6.07, 6.45) is 5.03. The summed E-state index contributed by atoms with van der Waals surface area (Å²) in [4.78, 5) is 17.0. The van der Waals surface area contributed by atoms with E-state index in [-0.39, 0.29) is 5.91 Å². The number of benzene rings is 2. The number of carbonyl (C=O) groups excluding carboxylic acids is 1. The first-order valence-electron chi connectivity index (χ1n) is 10.6. The minimum Gasteiger partial charge on any atom is -0.326 e. The summed E-state index contributed by atoms with van der Waals surface area (Å²) in [6.45, 7) is 0.975. The summed E-state index contributed by atoms with van der Waals surface area (Å²) in [5, 5.41) is 11.8. The van der Waals surface area contributed by atoms with Gasteiger partial charge in [-0.2, -0.15) is 0 Å². The quantitative estimate of drug-likeness (QED) is 0.399. The number of aromatic nitrogens is 4. The molecular formula is C23H23N5OS2. The first-order valence-corrected chi connectivity index (χ1v) is 12.4. The summed E-state index contributed by atoms with van der Waals surface area (Å²) >= 11 is 3.30. The van der Waals surface area contributed by atoms with Crippen molar-refractivity contribution in [1.82, 2.24) is 19.7 Å². The molecule has 2 aromatic carbocycles. The highest BCUT2D eigenvalue weighted by atomic mass is 32.2. The molecule has 0 aliphatic carbocycles. The molecule has 1 N–H and O–H groups in total. The van der Waals surface area contributed by atoms with Crippen molar-refractivity contribution in [2.24, 2.45) is 0 Å². The zero-order chi connectivity index (χ0) is 21.0. The molecule has 1 aliphatic rings. The maximum absolute atomic E-state index is 12.4. The number of nitrogens with zero attached hydrogens (tertiary/aromatic N) is 4. The number of carbonyl (C=O) groups is 1. The lowest BCUT2D eigenvalue weighted by atomic mass is 10.2. The van der Waals surface area contributed by atoms with E-state index < -0.39 is 0 Å². The lowest BCUT2D eigenvalue weighted by molar-refractivity contribution is -0.115. The van der Waals surface area contributed by atoms with Crippen molar-refractivity contribution in [3.63, 3.8) is 0 Å². The third kappa shape index (κ3) is 4.65. The van der Waals surface area contributed by atoms with Crippen LogP contribution in [0.15, 0.2) is 52.9 Å². The fourth-order valence-electron chi connectivity index (χ4n) is 3.77. The smallest absolute Gasteiger partial charge is 0.225 e. The van der Waals surface area contributed by atoms with Crippen molar-refractivity contribution >= 4 is 44.9 Å². The van der Waals surface area contributed by atoms with Gasteiger partial charge in [-0.3, -0.25) is 4.79 Å². The number of anilines is 1. The number of rotatable bonds is 6. The van der Waals surface area contributed by atoms with Gasteiger partial charge in [0, 0.05) is 36.4 Å². The molecule has 1 amide bonds. The fourth-order valence-corrected chi connectivity index (χ4v) is 5.85. The van der Waals surface area contributed by atoms with Crippen LogP contribution in [-0.2, 0) is 17.8 Å². The highest BCUT2D eigenvalue weighted by Gasteiger charge is 2.16. The van der Waals surface area contributed by atoms with Crippen LogP contribution in [0.2, 0.25) is 0 Å². The van der Waals surface area contributed by atoms with Gasteiger partial charge in [-0.1, -0.05) is 30.3 Å². The summed E-state index contributed by atoms with van der Waals surface area (Å²) in [5.74, 6) is 2.71. The molecular weight excluding hydrogens is 426 g/mol. The van der Waals surface area contributed by atoms with Crippen molar-refractivity contribution in [2.75, 3.05) is 11.1 Å². The van der Waals surface area contributed by atoms with Gasteiger partial charge in [-0.05, 0) is 49.2 Å². The van der Waals surface area contributed by atoms with Crippen molar-refractivity contribution in [3.8, 4) is 11.4 Å². The Morgan fingerprint density at radius 1 is 1.06 bits per heavy atom. The molecule has 3 heterocycles. The summed E-state index contributed by atoms with van der Waals surface area (Å²) in [5.41, 5.74) is 2.85. The van der Waals surface area contributed by atoms with E-state index in [2.05, 4.69) is 31.1 Å². The minimum atomic E-state index is 0.0118. The zero-order valence-electron chi connectivity index (χ0n) is 17.1. The van der Waals surface area contributed by atoms with E-state index in [0.717, 1.165) is 45.7 Å². The molecule has 31 heavy (non-hydrogen) atoms. The Labute approximate surface area is 189 Å². The Morgan fingerprint density at radius 3 is 2.81 bits per heavy atom. The Balaban J connectivity index is 1.16. The molecule has 8 heteroatoms. The number of hydrogen-bond acceptors (Lipinski definition) is 6. The van der Waals surface area contributed by atoms with E-state index in [1.54, 1.807) is 23.1 Å². The third-order valence-corrected chi connectivity index (χ3v) is 7.55. The van der Waals surface area contributed by atoms with Crippen molar-refractivity contribution in [3.05, 3.63) is 54.4 Å². The van der Waals surface area contributed by atoms with Crippen LogP contribution in [0.4, 0.5) is 5.69 Å². The number of hydrogen-bond donors (Lipinski definition) is 1. The molecule has 0 bridgehead atoms. The van der Waals surface area contributed by atoms with Crippen LogP contribution in [0.25, 0.3) is 21.6 Å². The molecule has 0 radical (unpaired) electrons. The van der Waals surface area contributed by atoms with Gasteiger partial charge < -0.3 is 9.88 Å². The molecule has 0 spiro atoms. The van der Waals surface area contributed by atoms with Gasteiger partial charge in [-0.15, -0.1) is 21.5 Å². The van der Waals surface area contributed by atoms with Crippen molar-refractivity contribution < 1.29 is 4.79 Å². The number of aryl methyl sites for hydroxylation is 1. The number of fused-ring (bicyclic) bond motifs is 2. The van der Waals surface area contributed by atoms with E-state index in [1.165, 1.54) is 24.0 Å². The summed E-state index contributed by atoms with van der Waals surface area (Å²) in [6, 6.07) is 16.0. The number of thiazole rings is 1. The van der Waals surface area contributed by atoms with Crippen LogP contribution < -0.4 is 5.32 Å². The maximum atomic E-state index is 12.4. The van der Waals surface area contributed by atoms with E-state index in [0.29, 0.717) is 12.2 Å². The van der Waals surface area contributed by atoms with E-state index in [9.17, 15) is 4.79 Å². The Bertz CT molecular complexity index is 1170. The van der Waals surface area contributed by atoms with Crippen molar-refractivity contribution in [1.29, 1.82) is 0 Å². The van der Waals surface area contributed by atoms with Crippen LogP contribution in [0, 0.1) is 0 Å². The molecule has 0 fully saturated rings. The normalized spacial score (nSPS) is 13.7. The predicted octanol–water partition coefficient (Wildman–Crippen LogP) is 5.40. The molecule has 5 rings (SSSR count).